The number of fused-ring (bicyclic) bond motifs is 1. The first-order chi connectivity index (χ1) is 12.3. The van der Waals surface area contributed by atoms with E-state index in [1.807, 2.05) is 29.3 Å². The lowest BCUT2D eigenvalue weighted by atomic mass is 10.1. The number of hydrogen-bond acceptors (Lipinski definition) is 4. The Bertz CT molecular complexity index is 889. The number of carbonyl (C=O) groups excluding carboxylic acids is 1. The quantitative estimate of drug-likeness (QED) is 0.735. The van der Waals surface area contributed by atoms with Gasteiger partial charge in [-0.25, -0.2) is 9.97 Å². The molecule has 25 heavy (non-hydrogen) atoms. The largest absolute Gasteiger partial charge is 0.338 e. The lowest BCUT2D eigenvalue weighted by molar-refractivity contribution is 0.0790. The molecule has 6 heteroatoms. The molecule has 0 aromatic carbocycles. The van der Waals surface area contributed by atoms with Gasteiger partial charge in [0.25, 0.3) is 5.91 Å². The monoisotopic (exact) mass is 335 g/mol. The van der Waals surface area contributed by atoms with E-state index in [9.17, 15) is 4.79 Å². The number of likely N-dealkylation sites (tertiary alicyclic amines) is 1. The van der Waals surface area contributed by atoms with Crippen molar-refractivity contribution in [1.82, 2.24) is 24.4 Å². The molecule has 4 heterocycles. The van der Waals surface area contributed by atoms with Gasteiger partial charge in [0.1, 0.15) is 11.3 Å². The third-order valence-corrected chi connectivity index (χ3v) is 4.73. The van der Waals surface area contributed by atoms with Crippen molar-refractivity contribution in [3.8, 4) is 0 Å². The van der Waals surface area contributed by atoms with Gasteiger partial charge in [0, 0.05) is 44.1 Å². The van der Waals surface area contributed by atoms with E-state index in [2.05, 4.69) is 21.5 Å². The van der Waals surface area contributed by atoms with Crippen molar-refractivity contribution < 1.29 is 4.79 Å². The average molecular weight is 335 g/mol. The maximum Gasteiger partial charge on any atom is 0.255 e. The zero-order valence-electron chi connectivity index (χ0n) is 14.3. The number of imidazole rings is 1. The Morgan fingerprint density at radius 1 is 1.28 bits per heavy atom. The Morgan fingerprint density at radius 3 is 2.96 bits per heavy atom. The predicted octanol–water partition coefficient (Wildman–Crippen LogP) is 2.87. The molecule has 1 atom stereocenters. The fourth-order valence-electron chi connectivity index (χ4n) is 3.56. The standard InChI is InChI=1S/C19H21N5O/c1-2-10-24-17(22-16-6-4-9-21-18(16)24)15-7-11-23(13-15)19(25)14-5-3-8-20-12-14/h3-6,8-9,12,15H,2,7,10-11,13H2,1H3. The van der Waals surface area contributed by atoms with E-state index in [0.717, 1.165) is 42.9 Å². The summed E-state index contributed by atoms with van der Waals surface area (Å²) in [5, 5.41) is 0. The van der Waals surface area contributed by atoms with E-state index in [0.29, 0.717) is 12.1 Å². The van der Waals surface area contributed by atoms with Crippen LogP contribution < -0.4 is 0 Å². The number of rotatable bonds is 4. The number of carbonyl (C=O) groups is 1. The van der Waals surface area contributed by atoms with E-state index in [1.54, 1.807) is 18.5 Å². The third kappa shape index (κ3) is 2.88. The molecule has 3 aromatic rings. The first-order valence-corrected chi connectivity index (χ1v) is 8.78. The summed E-state index contributed by atoms with van der Waals surface area (Å²) in [5.74, 6) is 1.35. The lowest BCUT2D eigenvalue weighted by Crippen LogP contribution is -2.28. The summed E-state index contributed by atoms with van der Waals surface area (Å²) in [7, 11) is 0. The van der Waals surface area contributed by atoms with Gasteiger partial charge < -0.3 is 9.47 Å². The minimum atomic E-state index is 0.0480. The van der Waals surface area contributed by atoms with E-state index < -0.39 is 0 Å². The molecule has 6 nitrogen and oxygen atoms in total. The third-order valence-electron chi connectivity index (χ3n) is 4.73. The molecule has 128 valence electrons. The summed E-state index contributed by atoms with van der Waals surface area (Å²) in [6.45, 7) is 4.50. The van der Waals surface area contributed by atoms with Gasteiger partial charge in [-0.05, 0) is 37.1 Å². The van der Waals surface area contributed by atoms with Gasteiger partial charge in [-0.15, -0.1) is 0 Å². The highest BCUT2D eigenvalue weighted by Crippen LogP contribution is 2.30. The fourth-order valence-corrected chi connectivity index (χ4v) is 3.56. The molecular weight excluding hydrogens is 314 g/mol. The van der Waals surface area contributed by atoms with Crippen LogP contribution >= 0.6 is 0 Å². The fraction of sp³-hybridized carbons (Fsp3) is 0.368. The summed E-state index contributed by atoms with van der Waals surface area (Å²) in [5.41, 5.74) is 2.52. The van der Waals surface area contributed by atoms with Gasteiger partial charge in [0.2, 0.25) is 0 Å². The second kappa shape index (κ2) is 6.63. The van der Waals surface area contributed by atoms with Crippen LogP contribution in [-0.2, 0) is 6.54 Å². The Morgan fingerprint density at radius 2 is 2.16 bits per heavy atom. The Balaban J connectivity index is 1.60. The van der Waals surface area contributed by atoms with Gasteiger partial charge in [-0.1, -0.05) is 6.92 Å². The van der Waals surface area contributed by atoms with Crippen LogP contribution in [0.15, 0.2) is 42.9 Å². The van der Waals surface area contributed by atoms with Crippen molar-refractivity contribution in [3.05, 3.63) is 54.2 Å². The number of aryl methyl sites for hydroxylation is 1. The van der Waals surface area contributed by atoms with Crippen LogP contribution in [-0.4, -0.2) is 43.4 Å². The Hall–Kier alpha value is -2.76. The molecule has 3 aromatic heterocycles. The average Bonchev–Trinajstić information content (AvgIpc) is 3.27. The van der Waals surface area contributed by atoms with Crippen molar-refractivity contribution >= 4 is 17.1 Å². The number of hydrogen-bond donors (Lipinski definition) is 0. The van der Waals surface area contributed by atoms with Gasteiger partial charge in [0.15, 0.2) is 5.65 Å². The Kier molecular flexibility index (Phi) is 4.17. The van der Waals surface area contributed by atoms with Gasteiger partial charge >= 0.3 is 0 Å². The highest BCUT2D eigenvalue weighted by Gasteiger charge is 2.31. The second-order valence-electron chi connectivity index (χ2n) is 6.45. The number of pyridine rings is 2. The topological polar surface area (TPSA) is 63.9 Å². The molecule has 0 radical (unpaired) electrons. The van der Waals surface area contributed by atoms with Crippen LogP contribution in [0.25, 0.3) is 11.2 Å². The maximum absolute atomic E-state index is 12.7. The second-order valence-corrected chi connectivity index (χ2v) is 6.45. The first-order valence-electron chi connectivity index (χ1n) is 8.78. The molecule has 0 aliphatic carbocycles. The summed E-state index contributed by atoms with van der Waals surface area (Å²) in [6, 6.07) is 7.54. The molecule has 0 bridgehead atoms. The van der Waals surface area contributed by atoms with E-state index in [-0.39, 0.29) is 11.8 Å². The van der Waals surface area contributed by atoms with E-state index in [4.69, 9.17) is 4.98 Å². The maximum atomic E-state index is 12.7. The number of amides is 1. The SMILES string of the molecule is CCCn1c(C2CCN(C(=O)c3cccnc3)C2)nc2cccnc21. The normalized spacial score (nSPS) is 17.3. The van der Waals surface area contributed by atoms with Crippen LogP contribution in [0.2, 0.25) is 0 Å². The molecule has 0 N–H and O–H groups in total. The lowest BCUT2D eigenvalue weighted by Gasteiger charge is -2.17. The number of aromatic nitrogens is 4. The van der Waals surface area contributed by atoms with E-state index >= 15 is 0 Å². The Labute approximate surface area is 146 Å². The highest BCUT2D eigenvalue weighted by molar-refractivity contribution is 5.94. The van der Waals surface area contributed by atoms with Crippen molar-refractivity contribution in [2.45, 2.75) is 32.2 Å². The van der Waals surface area contributed by atoms with Crippen LogP contribution in [0.5, 0.6) is 0 Å². The molecule has 1 aliphatic rings. The van der Waals surface area contributed by atoms with Crippen molar-refractivity contribution in [3.63, 3.8) is 0 Å². The molecule has 0 spiro atoms. The minimum absolute atomic E-state index is 0.0480. The summed E-state index contributed by atoms with van der Waals surface area (Å²) < 4.78 is 2.22. The zero-order valence-corrected chi connectivity index (χ0v) is 14.3. The summed E-state index contributed by atoms with van der Waals surface area (Å²) in [4.78, 5) is 27.9. The van der Waals surface area contributed by atoms with Crippen LogP contribution in [0.4, 0.5) is 0 Å². The van der Waals surface area contributed by atoms with Gasteiger partial charge in [0.05, 0.1) is 5.56 Å². The molecule has 4 rings (SSSR count). The molecule has 1 fully saturated rings. The van der Waals surface area contributed by atoms with Gasteiger partial charge in [-0.2, -0.15) is 0 Å². The zero-order chi connectivity index (χ0) is 17.2. The minimum Gasteiger partial charge on any atom is -0.338 e. The van der Waals surface area contributed by atoms with Gasteiger partial charge in [-0.3, -0.25) is 9.78 Å². The summed E-state index contributed by atoms with van der Waals surface area (Å²) in [6.07, 6.45) is 7.08. The molecule has 1 aliphatic heterocycles. The number of nitrogens with zero attached hydrogens (tertiary/aromatic N) is 5. The van der Waals surface area contributed by atoms with E-state index in [1.165, 1.54) is 0 Å². The molecule has 0 saturated carbocycles. The molecule has 1 amide bonds. The highest BCUT2D eigenvalue weighted by atomic mass is 16.2. The van der Waals surface area contributed by atoms with Crippen molar-refractivity contribution in [2.75, 3.05) is 13.1 Å². The molecular formula is C19H21N5O. The smallest absolute Gasteiger partial charge is 0.255 e. The predicted molar refractivity (Wildman–Crippen MR) is 95.3 cm³/mol. The summed E-state index contributed by atoms with van der Waals surface area (Å²) >= 11 is 0. The van der Waals surface area contributed by atoms with Crippen molar-refractivity contribution in [1.29, 1.82) is 0 Å². The first kappa shape index (κ1) is 15.7. The van der Waals surface area contributed by atoms with Crippen molar-refractivity contribution in [2.24, 2.45) is 0 Å². The van der Waals surface area contributed by atoms with Crippen LogP contribution in [0.1, 0.15) is 41.9 Å². The van der Waals surface area contributed by atoms with Crippen LogP contribution in [0, 0.1) is 0 Å². The van der Waals surface area contributed by atoms with Crippen LogP contribution in [0.3, 0.4) is 0 Å². The molecule has 1 saturated heterocycles. The molecule has 1 unspecified atom stereocenters.